The van der Waals surface area contributed by atoms with Crippen molar-refractivity contribution in [2.24, 2.45) is 0 Å². The van der Waals surface area contributed by atoms with Crippen molar-refractivity contribution in [3.8, 4) is 5.75 Å². The van der Waals surface area contributed by atoms with Crippen LogP contribution in [0.3, 0.4) is 0 Å². The Bertz CT molecular complexity index is 832. The van der Waals surface area contributed by atoms with E-state index in [1.807, 2.05) is 20.8 Å². The molecule has 0 saturated heterocycles. The highest BCUT2D eigenvalue weighted by Crippen LogP contribution is 2.23. The molecule has 2 rings (SSSR count). The van der Waals surface area contributed by atoms with Gasteiger partial charge in [-0.15, -0.1) is 0 Å². The number of nitrogens with one attached hydrogen (secondary N) is 1. The molecule has 26 heavy (non-hydrogen) atoms. The largest absolute Gasteiger partial charge is 0.497 e. The molecule has 0 fully saturated rings. The summed E-state index contributed by atoms with van der Waals surface area (Å²) < 4.78 is 5.16. The molecule has 2 aromatic carbocycles. The number of nitrogens with zero attached hydrogens (tertiary/aromatic N) is 1. The first-order valence-electron chi connectivity index (χ1n) is 7.88. The Balaban J connectivity index is 2.33. The number of hydrazine groups is 1. The average Bonchev–Trinajstić information content (AvgIpc) is 2.58. The van der Waals surface area contributed by atoms with Crippen LogP contribution in [0.15, 0.2) is 42.5 Å². The lowest BCUT2D eigenvalue weighted by Gasteiger charge is -2.35. The number of carbonyl (C=O) groups excluding carboxylic acids is 2. The Morgan fingerprint density at radius 1 is 1.08 bits per heavy atom. The van der Waals surface area contributed by atoms with Crippen molar-refractivity contribution in [1.82, 2.24) is 10.4 Å². The second-order valence-corrected chi connectivity index (χ2v) is 7.45. The topological polar surface area (TPSA) is 58.6 Å². The lowest BCUT2D eigenvalue weighted by molar-refractivity contribution is 0.0358. The van der Waals surface area contributed by atoms with Gasteiger partial charge in [-0.2, -0.15) is 0 Å². The molecule has 0 aliphatic carbocycles. The molecule has 0 aromatic heterocycles. The van der Waals surface area contributed by atoms with Gasteiger partial charge in [0.25, 0.3) is 11.8 Å². The van der Waals surface area contributed by atoms with E-state index in [2.05, 4.69) is 5.43 Å². The van der Waals surface area contributed by atoms with E-state index in [1.165, 1.54) is 24.3 Å². The molecule has 0 aliphatic rings. The van der Waals surface area contributed by atoms with Gasteiger partial charge in [0.15, 0.2) is 0 Å². The fourth-order valence-electron chi connectivity index (χ4n) is 2.24. The van der Waals surface area contributed by atoms with Crippen molar-refractivity contribution in [3.05, 3.63) is 63.6 Å². The molecule has 0 atom stereocenters. The normalized spacial score (nSPS) is 11.0. The van der Waals surface area contributed by atoms with Crippen LogP contribution in [0.4, 0.5) is 0 Å². The molecule has 7 heteroatoms. The van der Waals surface area contributed by atoms with Crippen molar-refractivity contribution in [2.45, 2.75) is 26.3 Å². The summed E-state index contributed by atoms with van der Waals surface area (Å²) in [6, 6.07) is 11.3. The summed E-state index contributed by atoms with van der Waals surface area (Å²) in [6.45, 7) is 5.44. The molecular formula is C19H20Cl2N2O3. The van der Waals surface area contributed by atoms with Gasteiger partial charge in [0.2, 0.25) is 0 Å². The number of benzene rings is 2. The quantitative estimate of drug-likeness (QED) is 0.774. The monoisotopic (exact) mass is 394 g/mol. The smallest absolute Gasteiger partial charge is 0.272 e. The van der Waals surface area contributed by atoms with Crippen LogP contribution in [-0.4, -0.2) is 29.5 Å². The first-order valence-corrected chi connectivity index (χ1v) is 8.63. The molecule has 2 amide bonds. The first-order chi connectivity index (χ1) is 12.1. The number of halogens is 2. The van der Waals surface area contributed by atoms with E-state index >= 15 is 0 Å². The number of methoxy groups -OCH3 is 1. The third-order valence-corrected chi connectivity index (χ3v) is 4.13. The molecule has 138 valence electrons. The first kappa shape index (κ1) is 20.1. The third-order valence-electron chi connectivity index (χ3n) is 3.58. The van der Waals surface area contributed by atoms with Crippen LogP contribution < -0.4 is 10.2 Å². The zero-order chi connectivity index (χ0) is 19.5. The van der Waals surface area contributed by atoms with Gasteiger partial charge >= 0.3 is 0 Å². The lowest BCUT2D eigenvalue weighted by atomic mass is 10.1. The number of carbonyl (C=O) groups is 2. The van der Waals surface area contributed by atoms with Crippen molar-refractivity contribution < 1.29 is 14.3 Å². The highest BCUT2D eigenvalue weighted by atomic mass is 35.5. The zero-order valence-electron chi connectivity index (χ0n) is 15.0. The molecular weight excluding hydrogens is 375 g/mol. The fourth-order valence-corrected chi connectivity index (χ4v) is 2.74. The minimum Gasteiger partial charge on any atom is -0.497 e. The van der Waals surface area contributed by atoms with Gasteiger partial charge < -0.3 is 4.74 Å². The summed E-state index contributed by atoms with van der Waals surface area (Å²) >= 11 is 12.0. The molecule has 5 nitrogen and oxygen atoms in total. The van der Waals surface area contributed by atoms with Gasteiger partial charge in [0, 0.05) is 10.6 Å². The Labute approximate surface area is 162 Å². The van der Waals surface area contributed by atoms with Crippen LogP contribution in [0.2, 0.25) is 10.0 Å². The molecule has 0 bridgehead atoms. The van der Waals surface area contributed by atoms with E-state index in [0.29, 0.717) is 16.3 Å². The second-order valence-electron chi connectivity index (χ2n) is 6.61. The van der Waals surface area contributed by atoms with E-state index in [9.17, 15) is 9.59 Å². The molecule has 0 unspecified atom stereocenters. The van der Waals surface area contributed by atoms with Crippen molar-refractivity contribution in [3.63, 3.8) is 0 Å². The lowest BCUT2D eigenvalue weighted by Crippen LogP contribution is -2.55. The summed E-state index contributed by atoms with van der Waals surface area (Å²) in [5.74, 6) is -0.315. The summed E-state index contributed by atoms with van der Waals surface area (Å²) in [5, 5.41) is 1.90. The third kappa shape index (κ3) is 4.68. The van der Waals surface area contributed by atoms with E-state index < -0.39 is 11.4 Å². The van der Waals surface area contributed by atoms with Gasteiger partial charge in [-0.25, -0.2) is 5.01 Å². The second kappa shape index (κ2) is 7.98. The van der Waals surface area contributed by atoms with Crippen molar-refractivity contribution in [2.75, 3.05) is 7.11 Å². The van der Waals surface area contributed by atoms with Crippen molar-refractivity contribution >= 4 is 35.0 Å². The summed E-state index contributed by atoms with van der Waals surface area (Å²) in [5.41, 5.74) is 2.59. The highest BCUT2D eigenvalue weighted by molar-refractivity contribution is 6.36. The standard InChI is InChI=1S/C19H20Cl2N2O3/c1-19(2,3)23(18(25)12-6-5-7-14(10-12)26-4)22-17(24)15-9-8-13(20)11-16(15)21/h5-11H,1-4H3,(H,22,24). The number of rotatable bonds is 3. The molecule has 0 spiro atoms. The Hall–Kier alpha value is -2.24. The summed E-state index contributed by atoms with van der Waals surface area (Å²) in [6.07, 6.45) is 0. The van der Waals surface area contributed by atoms with Crippen LogP contribution in [0.25, 0.3) is 0 Å². The van der Waals surface area contributed by atoms with Gasteiger partial charge in [-0.05, 0) is 57.2 Å². The molecule has 0 radical (unpaired) electrons. The van der Waals surface area contributed by atoms with Crippen LogP contribution in [-0.2, 0) is 0 Å². The maximum Gasteiger partial charge on any atom is 0.272 e. The predicted molar refractivity (Wildman–Crippen MR) is 103 cm³/mol. The Kier molecular flexibility index (Phi) is 6.16. The number of hydrogen-bond donors (Lipinski definition) is 1. The molecule has 1 N–H and O–H groups in total. The maximum absolute atomic E-state index is 13.0. The Morgan fingerprint density at radius 2 is 1.77 bits per heavy atom. The number of ether oxygens (including phenoxy) is 1. The summed E-state index contributed by atoms with van der Waals surface area (Å²) in [4.78, 5) is 25.6. The van der Waals surface area contributed by atoms with Crippen LogP contribution >= 0.6 is 23.2 Å². The van der Waals surface area contributed by atoms with Crippen LogP contribution in [0, 0.1) is 0 Å². The van der Waals surface area contributed by atoms with E-state index in [0.717, 1.165) is 0 Å². The zero-order valence-corrected chi connectivity index (χ0v) is 16.5. The average molecular weight is 395 g/mol. The van der Waals surface area contributed by atoms with E-state index in [-0.39, 0.29) is 16.5 Å². The highest BCUT2D eigenvalue weighted by Gasteiger charge is 2.30. The number of hydrogen-bond acceptors (Lipinski definition) is 3. The summed E-state index contributed by atoms with van der Waals surface area (Å²) in [7, 11) is 1.52. The van der Waals surface area contributed by atoms with Crippen LogP contribution in [0.5, 0.6) is 5.75 Å². The van der Waals surface area contributed by atoms with Gasteiger partial charge in [-0.1, -0.05) is 29.3 Å². The SMILES string of the molecule is COc1cccc(C(=O)N(NC(=O)c2ccc(Cl)cc2Cl)C(C)(C)C)c1. The molecule has 0 aliphatic heterocycles. The molecule has 0 heterocycles. The minimum atomic E-state index is -0.672. The van der Waals surface area contributed by atoms with Crippen molar-refractivity contribution in [1.29, 1.82) is 0 Å². The van der Waals surface area contributed by atoms with Gasteiger partial charge in [0.05, 0.1) is 23.2 Å². The molecule has 0 saturated carbocycles. The van der Waals surface area contributed by atoms with E-state index in [4.69, 9.17) is 27.9 Å². The fraction of sp³-hybridized carbons (Fsp3) is 0.263. The van der Waals surface area contributed by atoms with Gasteiger partial charge in [-0.3, -0.25) is 15.0 Å². The number of amides is 2. The molecule has 2 aromatic rings. The maximum atomic E-state index is 13.0. The predicted octanol–water partition coefficient (Wildman–Crippen LogP) is 4.59. The van der Waals surface area contributed by atoms with E-state index in [1.54, 1.807) is 30.3 Å². The van der Waals surface area contributed by atoms with Crippen LogP contribution in [0.1, 0.15) is 41.5 Å². The Morgan fingerprint density at radius 3 is 2.35 bits per heavy atom. The van der Waals surface area contributed by atoms with Gasteiger partial charge in [0.1, 0.15) is 5.75 Å². The minimum absolute atomic E-state index is 0.206.